The van der Waals surface area contributed by atoms with E-state index >= 15 is 0 Å². The van der Waals surface area contributed by atoms with E-state index in [1.54, 1.807) is 0 Å². The number of amides is 2. The average molecular weight is 395 g/mol. The number of imide groups is 1. The quantitative estimate of drug-likeness (QED) is 0.417. The molecule has 2 amide bonds. The summed E-state index contributed by atoms with van der Waals surface area (Å²) in [6, 6.07) is 7.44. The zero-order chi connectivity index (χ0) is 15.0. The van der Waals surface area contributed by atoms with Gasteiger partial charge in [0.25, 0.3) is 0 Å². The number of carbonyl (C=O) groups is 2. The Labute approximate surface area is 136 Å². The first-order valence-corrected chi connectivity index (χ1v) is 7.98. The minimum Gasteiger partial charge on any atom is -0.359 e. The van der Waals surface area contributed by atoms with Crippen molar-refractivity contribution in [2.45, 2.75) is 25.0 Å². The van der Waals surface area contributed by atoms with Crippen LogP contribution in [0.5, 0.6) is 0 Å². The van der Waals surface area contributed by atoms with E-state index in [0.717, 1.165) is 3.57 Å². The summed E-state index contributed by atoms with van der Waals surface area (Å²) in [6.07, 6.45) is 3.85. The zero-order valence-electron chi connectivity index (χ0n) is 11.7. The highest BCUT2D eigenvalue weighted by atomic mass is 127. The molecule has 3 heterocycles. The van der Waals surface area contributed by atoms with Gasteiger partial charge in [-0.2, -0.15) is 0 Å². The second-order valence-corrected chi connectivity index (χ2v) is 7.49. The molecular formula is C16H14INO3. The van der Waals surface area contributed by atoms with Gasteiger partial charge in [0.1, 0.15) is 0 Å². The van der Waals surface area contributed by atoms with E-state index in [4.69, 9.17) is 4.74 Å². The molecule has 0 spiro atoms. The molecule has 0 unspecified atom stereocenters. The van der Waals surface area contributed by atoms with E-state index < -0.39 is 23.0 Å². The van der Waals surface area contributed by atoms with Gasteiger partial charge in [-0.3, -0.25) is 9.59 Å². The fourth-order valence-electron chi connectivity index (χ4n) is 3.88. The molecule has 0 aliphatic carbocycles. The summed E-state index contributed by atoms with van der Waals surface area (Å²) in [4.78, 5) is 26.9. The van der Waals surface area contributed by atoms with Crippen molar-refractivity contribution in [1.29, 1.82) is 0 Å². The lowest BCUT2D eigenvalue weighted by Gasteiger charge is -2.25. The van der Waals surface area contributed by atoms with Crippen LogP contribution < -0.4 is 4.90 Å². The van der Waals surface area contributed by atoms with Crippen molar-refractivity contribution in [3.05, 3.63) is 40.0 Å². The maximum Gasteiger partial charge on any atom is 0.241 e. The van der Waals surface area contributed by atoms with Crippen LogP contribution in [0.2, 0.25) is 0 Å². The summed E-state index contributed by atoms with van der Waals surface area (Å²) in [5.41, 5.74) is -0.680. The molecule has 0 saturated carbocycles. The standard InChI is InChI=1S/C16H14INO3/c1-15-7-8-16(2,21-15)12-11(15)13(19)18(14(12)20)10-5-3-9(17)4-6-10/h3-8,11-12H,1-2H3/t11-,12-,15-,16+/m0/s1. The predicted octanol–water partition coefficient (Wildman–Crippen LogP) is 2.51. The minimum absolute atomic E-state index is 0.151. The lowest BCUT2D eigenvalue weighted by Crippen LogP contribution is -2.39. The van der Waals surface area contributed by atoms with Gasteiger partial charge >= 0.3 is 0 Å². The maximum absolute atomic E-state index is 12.8. The predicted molar refractivity (Wildman–Crippen MR) is 85.7 cm³/mol. The number of benzene rings is 1. The van der Waals surface area contributed by atoms with Crippen LogP contribution in [0.15, 0.2) is 36.4 Å². The summed E-state index contributed by atoms with van der Waals surface area (Å²) in [6.45, 7) is 3.78. The van der Waals surface area contributed by atoms with E-state index in [2.05, 4.69) is 22.6 Å². The zero-order valence-corrected chi connectivity index (χ0v) is 13.8. The Morgan fingerprint density at radius 3 is 1.95 bits per heavy atom. The van der Waals surface area contributed by atoms with Crippen molar-refractivity contribution in [2.75, 3.05) is 4.90 Å². The first kappa shape index (κ1) is 13.5. The number of rotatable bonds is 1. The van der Waals surface area contributed by atoms with Gasteiger partial charge in [-0.05, 0) is 60.7 Å². The molecule has 2 saturated heterocycles. The van der Waals surface area contributed by atoms with E-state index in [-0.39, 0.29) is 11.8 Å². The molecule has 3 aliphatic heterocycles. The fourth-order valence-corrected chi connectivity index (χ4v) is 4.24. The Morgan fingerprint density at radius 1 is 1.00 bits per heavy atom. The number of fused-ring (bicyclic) bond motifs is 5. The van der Waals surface area contributed by atoms with Crippen molar-refractivity contribution in [3.8, 4) is 0 Å². The first-order valence-electron chi connectivity index (χ1n) is 6.90. The number of ether oxygens (including phenoxy) is 1. The summed E-state index contributed by atoms with van der Waals surface area (Å²) in [5, 5.41) is 0. The lowest BCUT2D eigenvalue weighted by molar-refractivity contribution is -0.128. The number of anilines is 1. The Bertz CT molecular complexity index is 662. The number of hydrogen-bond acceptors (Lipinski definition) is 3. The van der Waals surface area contributed by atoms with Crippen LogP contribution in [-0.2, 0) is 14.3 Å². The Kier molecular flexibility index (Phi) is 2.53. The van der Waals surface area contributed by atoms with Crippen molar-refractivity contribution in [1.82, 2.24) is 0 Å². The normalized spacial score (nSPS) is 40.2. The van der Waals surface area contributed by atoms with Crippen molar-refractivity contribution in [2.24, 2.45) is 11.8 Å². The van der Waals surface area contributed by atoms with Gasteiger partial charge < -0.3 is 4.74 Å². The molecule has 2 bridgehead atoms. The van der Waals surface area contributed by atoms with E-state index in [1.807, 2.05) is 50.3 Å². The largest absolute Gasteiger partial charge is 0.359 e. The molecule has 0 N–H and O–H groups in total. The molecule has 3 aliphatic rings. The van der Waals surface area contributed by atoms with Gasteiger partial charge in [-0.15, -0.1) is 0 Å². The Balaban J connectivity index is 1.80. The van der Waals surface area contributed by atoms with E-state index in [0.29, 0.717) is 5.69 Å². The monoisotopic (exact) mass is 395 g/mol. The summed E-state index contributed by atoms with van der Waals surface area (Å²) in [5.74, 6) is -1.14. The molecule has 108 valence electrons. The van der Waals surface area contributed by atoms with Gasteiger partial charge in [0, 0.05) is 3.57 Å². The molecule has 4 nitrogen and oxygen atoms in total. The first-order chi connectivity index (χ1) is 9.86. The second kappa shape index (κ2) is 3.95. The molecule has 1 aromatic carbocycles. The highest BCUT2D eigenvalue weighted by Gasteiger charge is 2.70. The van der Waals surface area contributed by atoms with Gasteiger partial charge in [0.15, 0.2) is 0 Å². The van der Waals surface area contributed by atoms with Crippen LogP contribution in [0, 0.1) is 15.4 Å². The highest BCUT2D eigenvalue weighted by Crippen LogP contribution is 2.57. The number of hydrogen-bond donors (Lipinski definition) is 0. The van der Waals surface area contributed by atoms with E-state index in [1.165, 1.54) is 4.90 Å². The molecule has 2 fully saturated rings. The molecule has 21 heavy (non-hydrogen) atoms. The second-order valence-electron chi connectivity index (χ2n) is 6.25. The third kappa shape index (κ3) is 1.59. The van der Waals surface area contributed by atoms with Crippen LogP contribution in [0.25, 0.3) is 0 Å². The van der Waals surface area contributed by atoms with Crippen molar-refractivity contribution >= 4 is 40.1 Å². The van der Waals surface area contributed by atoms with Gasteiger partial charge in [0.2, 0.25) is 11.8 Å². The lowest BCUT2D eigenvalue weighted by atomic mass is 9.73. The SMILES string of the molecule is C[C@]12C=C[C@](C)(O1)[C@@H]1C(=O)N(c3ccc(I)cc3)C(=O)[C@H]12. The van der Waals surface area contributed by atoms with Crippen LogP contribution in [-0.4, -0.2) is 23.0 Å². The summed E-state index contributed by atoms with van der Waals surface area (Å²) < 4.78 is 7.05. The topological polar surface area (TPSA) is 46.6 Å². The molecular weight excluding hydrogens is 381 g/mol. The minimum atomic E-state index is -0.663. The summed E-state index contributed by atoms with van der Waals surface area (Å²) >= 11 is 2.20. The van der Waals surface area contributed by atoms with Crippen molar-refractivity contribution < 1.29 is 14.3 Å². The smallest absolute Gasteiger partial charge is 0.241 e. The van der Waals surface area contributed by atoms with Gasteiger partial charge in [0.05, 0.1) is 28.7 Å². The molecule has 5 heteroatoms. The number of nitrogens with zero attached hydrogens (tertiary/aromatic N) is 1. The Morgan fingerprint density at radius 2 is 1.48 bits per heavy atom. The third-order valence-corrected chi connectivity index (χ3v) is 5.53. The van der Waals surface area contributed by atoms with Crippen LogP contribution in [0.4, 0.5) is 5.69 Å². The summed E-state index contributed by atoms with van der Waals surface area (Å²) in [7, 11) is 0. The van der Waals surface area contributed by atoms with Crippen LogP contribution >= 0.6 is 22.6 Å². The highest BCUT2D eigenvalue weighted by molar-refractivity contribution is 14.1. The van der Waals surface area contributed by atoms with Crippen LogP contribution in [0.3, 0.4) is 0 Å². The number of carbonyl (C=O) groups excluding carboxylic acids is 2. The maximum atomic E-state index is 12.8. The molecule has 4 rings (SSSR count). The molecule has 1 aromatic rings. The van der Waals surface area contributed by atoms with E-state index in [9.17, 15) is 9.59 Å². The van der Waals surface area contributed by atoms with Crippen LogP contribution in [0.1, 0.15) is 13.8 Å². The van der Waals surface area contributed by atoms with Gasteiger partial charge in [-0.1, -0.05) is 12.2 Å². The molecule has 0 radical (unpaired) electrons. The molecule has 4 atom stereocenters. The fraction of sp³-hybridized carbons (Fsp3) is 0.375. The van der Waals surface area contributed by atoms with Gasteiger partial charge in [-0.25, -0.2) is 4.90 Å². The Hall–Kier alpha value is -1.21. The average Bonchev–Trinajstić information content (AvgIpc) is 2.97. The third-order valence-electron chi connectivity index (χ3n) is 4.81. The number of halogens is 1. The molecule has 0 aromatic heterocycles. The van der Waals surface area contributed by atoms with Crippen molar-refractivity contribution in [3.63, 3.8) is 0 Å².